The molecular weight excluding hydrogens is 240 g/mol. The predicted molar refractivity (Wildman–Crippen MR) is 77.2 cm³/mol. The molecule has 0 radical (unpaired) electrons. The molecule has 1 aromatic rings. The number of hydrogen-bond donors (Lipinski definition) is 3. The molecule has 0 aromatic heterocycles. The van der Waals surface area contributed by atoms with Gasteiger partial charge in [0.1, 0.15) is 0 Å². The molecule has 3 N–H and O–H groups in total. The van der Waals surface area contributed by atoms with E-state index in [0.29, 0.717) is 19.5 Å². The molecule has 1 atom stereocenters. The van der Waals surface area contributed by atoms with Crippen molar-refractivity contribution in [3.05, 3.63) is 35.4 Å². The maximum absolute atomic E-state index is 11.5. The molecular formula is C15H24N2O2. The summed E-state index contributed by atoms with van der Waals surface area (Å²) in [6, 6.07) is 8.05. The number of amides is 2. The zero-order valence-corrected chi connectivity index (χ0v) is 11.8. The summed E-state index contributed by atoms with van der Waals surface area (Å²) in [5.74, 6) is 0. The van der Waals surface area contributed by atoms with Crippen LogP contribution in [0, 0.1) is 6.92 Å². The molecule has 4 heteroatoms. The Morgan fingerprint density at radius 2 is 1.95 bits per heavy atom. The van der Waals surface area contributed by atoms with Crippen LogP contribution in [0.5, 0.6) is 0 Å². The van der Waals surface area contributed by atoms with Crippen LogP contribution in [0.15, 0.2) is 24.3 Å². The van der Waals surface area contributed by atoms with Crippen LogP contribution in [0.2, 0.25) is 0 Å². The van der Waals surface area contributed by atoms with E-state index in [1.54, 1.807) is 0 Å². The Balaban J connectivity index is 2.15. The first-order valence-electron chi connectivity index (χ1n) is 6.87. The molecule has 2 amide bonds. The standard InChI is InChI=1S/C15H24N2O2/c1-3-4-14(18)11-17-15(19)16-10-9-13-7-5-12(2)6-8-13/h5-8,14,18H,3-4,9-11H2,1-2H3,(H2,16,17,19). The van der Waals surface area contributed by atoms with Crippen molar-refractivity contribution in [2.45, 2.75) is 39.2 Å². The van der Waals surface area contributed by atoms with E-state index in [1.165, 1.54) is 11.1 Å². The van der Waals surface area contributed by atoms with Gasteiger partial charge in [0.25, 0.3) is 0 Å². The van der Waals surface area contributed by atoms with E-state index >= 15 is 0 Å². The van der Waals surface area contributed by atoms with Gasteiger partial charge in [0.15, 0.2) is 0 Å². The minimum atomic E-state index is -0.451. The molecule has 0 heterocycles. The van der Waals surface area contributed by atoms with Crippen LogP contribution in [-0.2, 0) is 6.42 Å². The maximum atomic E-state index is 11.5. The van der Waals surface area contributed by atoms with Gasteiger partial charge in [0.2, 0.25) is 0 Å². The molecule has 1 unspecified atom stereocenters. The Bertz CT molecular complexity index is 376. The number of carbonyl (C=O) groups is 1. The third kappa shape index (κ3) is 6.82. The first-order valence-corrected chi connectivity index (χ1v) is 6.87. The highest BCUT2D eigenvalue weighted by atomic mass is 16.3. The van der Waals surface area contributed by atoms with Crippen molar-refractivity contribution in [2.75, 3.05) is 13.1 Å². The van der Waals surface area contributed by atoms with Gasteiger partial charge >= 0.3 is 6.03 Å². The molecule has 0 aliphatic carbocycles. The van der Waals surface area contributed by atoms with Crippen molar-refractivity contribution in [3.8, 4) is 0 Å². The summed E-state index contributed by atoms with van der Waals surface area (Å²) in [7, 11) is 0. The third-order valence-corrected chi connectivity index (χ3v) is 2.94. The van der Waals surface area contributed by atoms with Crippen molar-refractivity contribution in [2.24, 2.45) is 0 Å². The van der Waals surface area contributed by atoms with E-state index in [-0.39, 0.29) is 6.03 Å². The largest absolute Gasteiger partial charge is 0.391 e. The van der Waals surface area contributed by atoms with Crippen LogP contribution < -0.4 is 10.6 Å². The highest BCUT2D eigenvalue weighted by Gasteiger charge is 2.05. The lowest BCUT2D eigenvalue weighted by Gasteiger charge is -2.11. The quantitative estimate of drug-likeness (QED) is 0.705. The summed E-state index contributed by atoms with van der Waals surface area (Å²) >= 11 is 0. The fraction of sp³-hybridized carbons (Fsp3) is 0.533. The van der Waals surface area contributed by atoms with Crippen LogP contribution in [0.4, 0.5) is 4.79 Å². The topological polar surface area (TPSA) is 61.4 Å². The third-order valence-electron chi connectivity index (χ3n) is 2.94. The maximum Gasteiger partial charge on any atom is 0.314 e. The van der Waals surface area contributed by atoms with Gasteiger partial charge in [0, 0.05) is 13.1 Å². The normalized spacial score (nSPS) is 11.9. The Morgan fingerprint density at radius 1 is 1.26 bits per heavy atom. The molecule has 0 saturated heterocycles. The van der Waals surface area contributed by atoms with Gasteiger partial charge in [-0.2, -0.15) is 0 Å². The summed E-state index contributed by atoms with van der Waals surface area (Å²) in [4.78, 5) is 11.5. The van der Waals surface area contributed by atoms with E-state index in [4.69, 9.17) is 0 Å². The van der Waals surface area contributed by atoms with Crippen LogP contribution in [0.25, 0.3) is 0 Å². The summed E-state index contributed by atoms with van der Waals surface area (Å²) in [6.45, 7) is 4.96. The zero-order valence-electron chi connectivity index (χ0n) is 11.8. The molecule has 0 fully saturated rings. The lowest BCUT2D eigenvalue weighted by molar-refractivity contribution is 0.160. The number of aliphatic hydroxyl groups is 1. The van der Waals surface area contributed by atoms with Gasteiger partial charge in [0.05, 0.1) is 6.10 Å². The van der Waals surface area contributed by atoms with Gasteiger partial charge < -0.3 is 15.7 Å². The van der Waals surface area contributed by atoms with Crippen LogP contribution >= 0.6 is 0 Å². The van der Waals surface area contributed by atoms with E-state index in [0.717, 1.165) is 12.8 Å². The molecule has 0 spiro atoms. The van der Waals surface area contributed by atoms with Crippen LogP contribution in [-0.4, -0.2) is 30.3 Å². The summed E-state index contributed by atoms with van der Waals surface area (Å²) < 4.78 is 0. The Labute approximate surface area is 115 Å². The van der Waals surface area contributed by atoms with Crippen molar-refractivity contribution >= 4 is 6.03 Å². The van der Waals surface area contributed by atoms with E-state index < -0.39 is 6.10 Å². The van der Waals surface area contributed by atoms with Crippen molar-refractivity contribution in [1.29, 1.82) is 0 Å². The fourth-order valence-corrected chi connectivity index (χ4v) is 1.78. The molecule has 19 heavy (non-hydrogen) atoms. The second-order valence-corrected chi connectivity index (χ2v) is 4.81. The molecule has 1 rings (SSSR count). The first kappa shape index (κ1) is 15.5. The summed E-state index contributed by atoms with van der Waals surface area (Å²) in [5, 5.41) is 14.9. The number of carbonyl (C=O) groups excluding carboxylic acids is 1. The number of benzene rings is 1. The number of nitrogens with one attached hydrogen (secondary N) is 2. The summed E-state index contributed by atoms with van der Waals surface area (Å²) in [5.41, 5.74) is 2.44. The minimum Gasteiger partial charge on any atom is -0.391 e. The molecule has 1 aromatic carbocycles. The molecule has 0 bridgehead atoms. The summed E-state index contributed by atoms with van der Waals surface area (Å²) in [6.07, 6.45) is 1.99. The highest BCUT2D eigenvalue weighted by Crippen LogP contribution is 2.02. The van der Waals surface area contributed by atoms with Gasteiger partial charge in [-0.15, -0.1) is 0 Å². The Kier molecular flexibility index (Phi) is 6.97. The number of urea groups is 1. The molecule has 0 aliphatic heterocycles. The lowest BCUT2D eigenvalue weighted by atomic mass is 10.1. The van der Waals surface area contributed by atoms with E-state index in [2.05, 4.69) is 41.8 Å². The van der Waals surface area contributed by atoms with Gasteiger partial charge in [-0.1, -0.05) is 43.2 Å². The molecule has 4 nitrogen and oxygen atoms in total. The van der Waals surface area contributed by atoms with E-state index in [9.17, 15) is 9.90 Å². The minimum absolute atomic E-state index is 0.220. The Hall–Kier alpha value is -1.55. The average Bonchev–Trinajstić information content (AvgIpc) is 2.39. The average molecular weight is 264 g/mol. The monoisotopic (exact) mass is 264 g/mol. The molecule has 0 aliphatic rings. The fourth-order valence-electron chi connectivity index (χ4n) is 1.78. The lowest BCUT2D eigenvalue weighted by Crippen LogP contribution is -2.40. The zero-order chi connectivity index (χ0) is 14.1. The number of rotatable bonds is 7. The predicted octanol–water partition coefficient (Wildman–Crippen LogP) is 2.00. The number of aliphatic hydroxyl groups excluding tert-OH is 1. The molecule has 0 saturated carbocycles. The SMILES string of the molecule is CCCC(O)CNC(=O)NCCc1ccc(C)cc1. The van der Waals surface area contributed by atoms with Gasteiger partial charge in [-0.25, -0.2) is 4.79 Å². The Morgan fingerprint density at radius 3 is 2.58 bits per heavy atom. The number of aryl methyl sites for hydroxylation is 1. The van der Waals surface area contributed by atoms with Gasteiger partial charge in [-0.05, 0) is 25.3 Å². The van der Waals surface area contributed by atoms with Crippen molar-refractivity contribution in [3.63, 3.8) is 0 Å². The highest BCUT2D eigenvalue weighted by molar-refractivity contribution is 5.73. The van der Waals surface area contributed by atoms with Crippen molar-refractivity contribution < 1.29 is 9.90 Å². The van der Waals surface area contributed by atoms with Crippen LogP contribution in [0.3, 0.4) is 0 Å². The second-order valence-electron chi connectivity index (χ2n) is 4.81. The second kappa shape index (κ2) is 8.53. The smallest absolute Gasteiger partial charge is 0.314 e. The van der Waals surface area contributed by atoms with Crippen molar-refractivity contribution in [1.82, 2.24) is 10.6 Å². The van der Waals surface area contributed by atoms with Gasteiger partial charge in [-0.3, -0.25) is 0 Å². The molecule has 106 valence electrons. The first-order chi connectivity index (χ1) is 9.11. The van der Waals surface area contributed by atoms with E-state index in [1.807, 2.05) is 6.92 Å². The number of hydrogen-bond acceptors (Lipinski definition) is 2. The van der Waals surface area contributed by atoms with Crippen LogP contribution in [0.1, 0.15) is 30.9 Å².